The van der Waals surface area contributed by atoms with Gasteiger partial charge in [-0.25, -0.2) is 0 Å². The van der Waals surface area contributed by atoms with E-state index in [1.807, 2.05) is 25.1 Å². The molecule has 2 heteroatoms. The molecular formula is C14H18O2. The summed E-state index contributed by atoms with van der Waals surface area (Å²) in [6.45, 7) is 4.29. The van der Waals surface area contributed by atoms with Gasteiger partial charge in [-0.05, 0) is 51.0 Å². The number of unbranched alkanes of at least 4 members (excludes halogenated alkanes) is 1. The first-order valence-electron chi connectivity index (χ1n) is 5.59. The van der Waals surface area contributed by atoms with Crippen LogP contribution in [0.2, 0.25) is 0 Å². The summed E-state index contributed by atoms with van der Waals surface area (Å²) >= 11 is 0. The van der Waals surface area contributed by atoms with Gasteiger partial charge in [-0.2, -0.15) is 0 Å². The molecule has 0 spiro atoms. The zero-order valence-corrected chi connectivity index (χ0v) is 9.90. The predicted molar refractivity (Wildman–Crippen MR) is 66.0 cm³/mol. The highest BCUT2D eigenvalue weighted by Crippen LogP contribution is 2.12. The molecule has 0 bridgehead atoms. The Labute approximate surface area is 96.9 Å². The molecule has 1 aromatic rings. The summed E-state index contributed by atoms with van der Waals surface area (Å²) in [5.74, 6) is 0.908. The minimum Gasteiger partial charge on any atom is -0.494 e. The molecule has 1 aromatic carbocycles. The molecule has 0 atom stereocenters. The largest absolute Gasteiger partial charge is 0.494 e. The molecule has 0 radical (unpaired) electrons. The Kier molecular flexibility index (Phi) is 5.34. The molecule has 0 fully saturated rings. The minimum atomic E-state index is 0.0830. The quantitative estimate of drug-likeness (QED) is 0.414. The number of rotatable bonds is 6. The van der Waals surface area contributed by atoms with Gasteiger partial charge in [0, 0.05) is 5.56 Å². The summed E-state index contributed by atoms with van der Waals surface area (Å²) in [6, 6.07) is 7.27. The molecule has 1 rings (SSSR count). The van der Waals surface area contributed by atoms with E-state index in [2.05, 4.69) is 6.08 Å². The highest BCUT2D eigenvalue weighted by Gasteiger charge is 1.98. The Hall–Kier alpha value is -1.57. The van der Waals surface area contributed by atoms with Gasteiger partial charge in [0.2, 0.25) is 0 Å². The highest BCUT2D eigenvalue weighted by atomic mass is 16.5. The fraction of sp³-hybridized carbons (Fsp3) is 0.357. The third-order valence-corrected chi connectivity index (χ3v) is 2.28. The van der Waals surface area contributed by atoms with E-state index in [0.29, 0.717) is 6.61 Å². The molecule has 0 amide bonds. The van der Waals surface area contributed by atoms with E-state index in [0.717, 1.165) is 24.2 Å². The molecule has 0 saturated carbocycles. The molecule has 2 nitrogen and oxygen atoms in total. The fourth-order valence-corrected chi connectivity index (χ4v) is 1.34. The van der Waals surface area contributed by atoms with Gasteiger partial charge in [0.05, 0.1) is 6.61 Å². The van der Waals surface area contributed by atoms with Crippen molar-refractivity contribution in [2.24, 2.45) is 0 Å². The van der Waals surface area contributed by atoms with Gasteiger partial charge < -0.3 is 4.74 Å². The average Bonchev–Trinajstić information content (AvgIpc) is 2.29. The van der Waals surface area contributed by atoms with Crippen LogP contribution in [0.5, 0.6) is 5.75 Å². The minimum absolute atomic E-state index is 0.0830. The second kappa shape index (κ2) is 6.83. The van der Waals surface area contributed by atoms with E-state index in [9.17, 15) is 4.79 Å². The van der Waals surface area contributed by atoms with E-state index >= 15 is 0 Å². The van der Waals surface area contributed by atoms with Crippen LogP contribution in [0.15, 0.2) is 36.4 Å². The molecule has 0 heterocycles. The number of Topliss-reactive ketones (excluding diaryl/α,β-unsaturated/α-hetero) is 1. The lowest BCUT2D eigenvalue weighted by Crippen LogP contribution is -1.97. The molecule has 0 unspecified atom stereocenters. The van der Waals surface area contributed by atoms with Crippen molar-refractivity contribution >= 4 is 5.78 Å². The number of benzene rings is 1. The molecular weight excluding hydrogens is 200 g/mol. The van der Waals surface area contributed by atoms with Crippen LogP contribution in [0.4, 0.5) is 0 Å². The molecule has 0 aliphatic carbocycles. The fourth-order valence-electron chi connectivity index (χ4n) is 1.34. The third-order valence-electron chi connectivity index (χ3n) is 2.28. The summed E-state index contributed by atoms with van der Waals surface area (Å²) in [5, 5.41) is 0. The Balaban J connectivity index is 2.35. The molecule has 0 saturated heterocycles. The van der Waals surface area contributed by atoms with Gasteiger partial charge in [-0.3, -0.25) is 4.79 Å². The van der Waals surface area contributed by atoms with Crippen LogP contribution in [0, 0.1) is 0 Å². The van der Waals surface area contributed by atoms with Crippen molar-refractivity contribution in [2.45, 2.75) is 26.7 Å². The Morgan fingerprint density at radius 1 is 1.31 bits per heavy atom. The number of ether oxygens (including phenoxy) is 1. The number of allylic oxidation sites excluding steroid dienone is 2. The lowest BCUT2D eigenvalue weighted by Gasteiger charge is -2.05. The SMILES string of the molecule is CC=CCCCOc1ccc(C(C)=O)cc1. The average molecular weight is 218 g/mol. The first kappa shape index (κ1) is 12.5. The van der Waals surface area contributed by atoms with Crippen molar-refractivity contribution in [2.75, 3.05) is 6.61 Å². The van der Waals surface area contributed by atoms with Crippen molar-refractivity contribution in [3.63, 3.8) is 0 Å². The van der Waals surface area contributed by atoms with Gasteiger partial charge in [-0.1, -0.05) is 12.2 Å². The predicted octanol–water partition coefficient (Wildman–Crippen LogP) is 3.62. The van der Waals surface area contributed by atoms with E-state index < -0.39 is 0 Å². The van der Waals surface area contributed by atoms with Crippen LogP contribution in [0.3, 0.4) is 0 Å². The van der Waals surface area contributed by atoms with E-state index in [4.69, 9.17) is 4.74 Å². The lowest BCUT2D eigenvalue weighted by molar-refractivity contribution is 0.101. The molecule has 86 valence electrons. The highest BCUT2D eigenvalue weighted by molar-refractivity contribution is 5.94. The number of hydrogen-bond acceptors (Lipinski definition) is 2. The van der Waals surface area contributed by atoms with Crippen LogP contribution in [-0.2, 0) is 0 Å². The number of hydrogen-bond donors (Lipinski definition) is 0. The van der Waals surface area contributed by atoms with Crippen LogP contribution in [0.1, 0.15) is 37.0 Å². The number of carbonyl (C=O) groups excluding carboxylic acids is 1. The second-order valence-electron chi connectivity index (χ2n) is 3.64. The van der Waals surface area contributed by atoms with Crippen molar-refractivity contribution in [3.05, 3.63) is 42.0 Å². The number of ketones is 1. The normalized spacial score (nSPS) is 10.6. The van der Waals surface area contributed by atoms with Crippen LogP contribution in [-0.4, -0.2) is 12.4 Å². The second-order valence-corrected chi connectivity index (χ2v) is 3.64. The maximum atomic E-state index is 11.0. The first-order chi connectivity index (χ1) is 7.74. The zero-order chi connectivity index (χ0) is 11.8. The summed E-state index contributed by atoms with van der Waals surface area (Å²) in [7, 11) is 0. The maximum absolute atomic E-state index is 11.0. The van der Waals surface area contributed by atoms with Crippen molar-refractivity contribution in [1.82, 2.24) is 0 Å². The number of carbonyl (C=O) groups is 1. The third kappa shape index (κ3) is 4.30. The van der Waals surface area contributed by atoms with Gasteiger partial charge in [0.1, 0.15) is 5.75 Å². The molecule has 16 heavy (non-hydrogen) atoms. The van der Waals surface area contributed by atoms with Crippen molar-refractivity contribution in [1.29, 1.82) is 0 Å². The molecule has 0 aliphatic rings. The molecule has 0 N–H and O–H groups in total. The first-order valence-corrected chi connectivity index (χ1v) is 5.59. The maximum Gasteiger partial charge on any atom is 0.159 e. The van der Waals surface area contributed by atoms with Crippen LogP contribution in [0.25, 0.3) is 0 Å². The van der Waals surface area contributed by atoms with Crippen LogP contribution >= 0.6 is 0 Å². The Bertz CT molecular complexity index is 350. The van der Waals surface area contributed by atoms with Gasteiger partial charge in [0.25, 0.3) is 0 Å². The zero-order valence-electron chi connectivity index (χ0n) is 9.90. The summed E-state index contributed by atoms with van der Waals surface area (Å²) in [6.07, 6.45) is 6.23. The van der Waals surface area contributed by atoms with E-state index in [-0.39, 0.29) is 5.78 Å². The standard InChI is InChI=1S/C14H18O2/c1-3-4-5-6-11-16-14-9-7-13(8-10-14)12(2)15/h3-4,7-10H,5-6,11H2,1-2H3. The Morgan fingerprint density at radius 2 is 2.00 bits per heavy atom. The van der Waals surface area contributed by atoms with Gasteiger partial charge in [-0.15, -0.1) is 0 Å². The molecule has 0 aliphatic heterocycles. The Morgan fingerprint density at radius 3 is 2.56 bits per heavy atom. The van der Waals surface area contributed by atoms with E-state index in [1.165, 1.54) is 0 Å². The van der Waals surface area contributed by atoms with Crippen LogP contribution < -0.4 is 4.74 Å². The topological polar surface area (TPSA) is 26.3 Å². The monoisotopic (exact) mass is 218 g/mol. The van der Waals surface area contributed by atoms with E-state index in [1.54, 1.807) is 19.1 Å². The van der Waals surface area contributed by atoms with Gasteiger partial charge in [0.15, 0.2) is 5.78 Å². The summed E-state index contributed by atoms with van der Waals surface area (Å²) in [5.41, 5.74) is 0.723. The lowest BCUT2D eigenvalue weighted by atomic mass is 10.1. The smallest absolute Gasteiger partial charge is 0.159 e. The summed E-state index contributed by atoms with van der Waals surface area (Å²) in [4.78, 5) is 11.0. The van der Waals surface area contributed by atoms with Gasteiger partial charge >= 0.3 is 0 Å². The molecule has 0 aromatic heterocycles. The summed E-state index contributed by atoms with van der Waals surface area (Å²) < 4.78 is 5.54. The van der Waals surface area contributed by atoms with Crippen molar-refractivity contribution < 1.29 is 9.53 Å². The van der Waals surface area contributed by atoms with Crippen molar-refractivity contribution in [3.8, 4) is 5.75 Å².